The molecule has 2 N–H and O–H groups in total. The van der Waals surface area contributed by atoms with Crippen LogP contribution in [-0.4, -0.2) is 25.5 Å². The first kappa shape index (κ1) is 30.8. The van der Waals surface area contributed by atoms with E-state index in [4.69, 9.17) is 27.9 Å². The van der Waals surface area contributed by atoms with Gasteiger partial charge in [-0.2, -0.15) is 13.5 Å². The monoisotopic (exact) mass is 595 g/mol. The molecule has 4 rings (SSSR count). The maximum absolute atomic E-state index is 13.4. The van der Waals surface area contributed by atoms with Crippen molar-refractivity contribution < 1.29 is 57.2 Å². The van der Waals surface area contributed by atoms with Crippen LogP contribution in [0.15, 0.2) is 75.8 Å². The second kappa shape index (κ2) is 12.6. The van der Waals surface area contributed by atoms with E-state index in [9.17, 15) is 22.9 Å². The number of hydrogen-bond donors (Lipinski definition) is 2. The maximum Gasteiger partial charge on any atom is 1.00 e. The zero-order valence-electron chi connectivity index (χ0n) is 21.0. The third-order valence-electron chi connectivity index (χ3n) is 5.36. The van der Waals surface area contributed by atoms with Gasteiger partial charge in [0, 0.05) is 27.7 Å². The van der Waals surface area contributed by atoms with Gasteiger partial charge in [0.2, 0.25) is 0 Å². The van der Waals surface area contributed by atoms with Gasteiger partial charge >= 0.3 is 29.6 Å². The third-order valence-corrected chi connectivity index (χ3v) is 6.97. The molecule has 39 heavy (non-hydrogen) atoms. The first-order valence-electron chi connectivity index (χ1n) is 11.1. The predicted octanol–water partition coefficient (Wildman–Crippen LogP) is 3.85. The Morgan fingerprint density at radius 3 is 2.49 bits per heavy atom. The Bertz CT molecular complexity index is 1710. The van der Waals surface area contributed by atoms with E-state index in [1.165, 1.54) is 24.3 Å². The Kier molecular flexibility index (Phi) is 10.0. The number of aryl methyl sites for hydroxylation is 1. The van der Waals surface area contributed by atoms with Gasteiger partial charge in [-0.25, -0.2) is 0 Å². The average Bonchev–Trinajstić information content (AvgIpc) is 2.84. The SMILES string of the molecule is CCOc1cc(Cl)cc(NC(=O)c2cc3ccccc3c(N=Nc3cc(C)cc(S(=O)(=O)O)c3Cl)c2[O-])c1.[Na+]. The molecule has 0 bridgehead atoms. The summed E-state index contributed by atoms with van der Waals surface area (Å²) in [6.45, 7) is 3.78. The van der Waals surface area contributed by atoms with Crippen LogP contribution >= 0.6 is 23.2 Å². The van der Waals surface area contributed by atoms with Gasteiger partial charge < -0.3 is 15.2 Å². The van der Waals surface area contributed by atoms with Gasteiger partial charge in [0.25, 0.3) is 16.0 Å². The number of carbonyl (C=O) groups is 1. The number of azo groups is 1. The maximum atomic E-state index is 13.4. The largest absolute Gasteiger partial charge is 1.00 e. The molecule has 0 fully saturated rings. The summed E-state index contributed by atoms with van der Waals surface area (Å²) in [5, 5.41) is 25.1. The number of benzene rings is 4. The van der Waals surface area contributed by atoms with Gasteiger partial charge in [-0.15, -0.1) is 5.11 Å². The van der Waals surface area contributed by atoms with Crippen LogP contribution in [0.3, 0.4) is 0 Å². The number of amides is 1. The molecule has 0 aliphatic heterocycles. The number of hydrogen-bond acceptors (Lipinski definition) is 7. The third kappa shape index (κ3) is 7.09. The van der Waals surface area contributed by atoms with Crippen molar-refractivity contribution in [1.82, 2.24) is 0 Å². The molecule has 0 saturated heterocycles. The minimum atomic E-state index is -4.63. The number of nitrogens with zero attached hydrogens (tertiary/aromatic N) is 2. The van der Waals surface area contributed by atoms with Crippen molar-refractivity contribution >= 4 is 67.1 Å². The molecule has 1 amide bonds. The summed E-state index contributed by atoms with van der Waals surface area (Å²) in [7, 11) is -4.63. The van der Waals surface area contributed by atoms with Crippen LogP contribution in [0.1, 0.15) is 22.8 Å². The molecular weight excluding hydrogens is 576 g/mol. The summed E-state index contributed by atoms with van der Waals surface area (Å²) in [5.41, 5.74) is 0.320. The number of ether oxygens (including phenoxy) is 1. The second-order valence-electron chi connectivity index (χ2n) is 8.16. The van der Waals surface area contributed by atoms with E-state index in [2.05, 4.69) is 15.5 Å². The van der Waals surface area contributed by atoms with Gasteiger partial charge in [0.05, 0.1) is 17.3 Å². The number of anilines is 1. The van der Waals surface area contributed by atoms with Crippen molar-refractivity contribution in [2.75, 3.05) is 11.9 Å². The molecule has 0 heterocycles. The summed E-state index contributed by atoms with van der Waals surface area (Å²) in [5.74, 6) is -0.968. The molecule has 0 aliphatic rings. The van der Waals surface area contributed by atoms with Gasteiger partial charge in [-0.05, 0) is 55.1 Å². The molecular formula is C26H20Cl2N3NaO6S. The van der Waals surface area contributed by atoms with Crippen LogP contribution in [0.5, 0.6) is 11.5 Å². The zero-order chi connectivity index (χ0) is 27.6. The molecule has 0 unspecified atom stereocenters. The van der Waals surface area contributed by atoms with E-state index in [1.54, 1.807) is 43.3 Å². The van der Waals surface area contributed by atoms with E-state index in [1.807, 2.05) is 6.92 Å². The van der Waals surface area contributed by atoms with E-state index in [0.29, 0.717) is 39.4 Å². The standard InChI is InChI=1S/C26H21Cl2N3O6S.Na/c1-3-37-18-12-16(27)11-17(13-18)29-26(33)20-10-15-6-4-5-7-19(15)24(25(20)32)31-30-21-8-14(2)9-22(23(21)28)38(34,35)36;/h4-13,32H,3H2,1-2H3,(H,29,33)(H,34,35,36);/q;+1/p-1. The molecule has 0 aromatic heterocycles. The molecule has 0 aliphatic carbocycles. The summed E-state index contributed by atoms with van der Waals surface area (Å²) in [6.07, 6.45) is 0. The average molecular weight is 596 g/mol. The van der Waals surface area contributed by atoms with Gasteiger partial charge in [0.1, 0.15) is 16.3 Å². The fourth-order valence-electron chi connectivity index (χ4n) is 3.74. The van der Waals surface area contributed by atoms with Crippen LogP contribution < -0.4 is 44.7 Å². The van der Waals surface area contributed by atoms with Gasteiger partial charge in [-0.3, -0.25) is 9.35 Å². The molecule has 13 heteroatoms. The fraction of sp³-hybridized carbons (Fsp3) is 0.115. The van der Waals surface area contributed by atoms with E-state index < -0.39 is 26.7 Å². The van der Waals surface area contributed by atoms with E-state index in [-0.39, 0.29) is 51.5 Å². The molecule has 0 saturated carbocycles. The first-order chi connectivity index (χ1) is 18.0. The minimum Gasteiger partial charge on any atom is -0.870 e. The quantitative estimate of drug-likeness (QED) is 0.189. The van der Waals surface area contributed by atoms with Crippen LogP contribution in [-0.2, 0) is 10.1 Å². The van der Waals surface area contributed by atoms with E-state index in [0.717, 1.165) is 0 Å². The Balaban J connectivity index is 0.00000420. The van der Waals surface area contributed by atoms with Crippen LogP contribution in [0.25, 0.3) is 10.8 Å². The molecule has 4 aromatic carbocycles. The Labute approximate surface area is 256 Å². The fourth-order valence-corrected chi connectivity index (χ4v) is 5.07. The summed E-state index contributed by atoms with van der Waals surface area (Å²) in [4.78, 5) is 12.6. The molecule has 9 nitrogen and oxygen atoms in total. The Morgan fingerprint density at radius 1 is 1.08 bits per heavy atom. The van der Waals surface area contributed by atoms with Crippen molar-refractivity contribution in [3.05, 3.63) is 81.8 Å². The van der Waals surface area contributed by atoms with Crippen LogP contribution in [0, 0.1) is 6.92 Å². The number of rotatable bonds is 7. The predicted molar refractivity (Wildman–Crippen MR) is 144 cm³/mol. The van der Waals surface area contributed by atoms with Crippen molar-refractivity contribution in [3.63, 3.8) is 0 Å². The first-order valence-corrected chi connectivity index (χ1v) is 13.3. The number of carbonyl (C=O) groups excluding carboxylic acids is 1. The minimum absolute atomic E-state index is 0. The number of halogens is 2. The Morgan fingerprint density at radius 2 is 1.79 bits per heavy atom. The van der Waals surface area contributed by atoms with Crippen molar-refractivity contribution in [1.29, 1.82) is 0 Å². The molecule has 196 valence electrons. The summed E-state index contributed by atoms with van der Waals surface area (Å²) in [6, 6.07) is 15.5. The molecule has 0 spiro atoms. The molecule has 0 radical (unpaired) electrons. The number of nitrogens with one attached hydrogen (secondary N) is 1. The number of fused-ring (bicyclic) bond motifs is 1. The zero-order valence-corrected chi connectivity index (χ0v) is 25.4. The summed E-state index contributed by atoms with van der Waals surface area (Å²) < 4.78 is 38.3. The summed E-state index contributed by atoms with van der Waals surface area (Å²) >= 11 is 12.3. The van der Waals surface area contributed by atoms with Crippen molar-refractivity contribution in [2.24, 2.45) is 10.2 Å². The van der Waals surface area contributed by atoms with Gasteiger partial charge in [0.15, 0.2) is 0 Å². The second-order valence-corrected chi connectivity index (χ2v) is 10.4. The van der Waals surface area contributed by atoms with Gasteiger partial charge in [-0.1, -0.05) is 53.2 Å². The smallest absolute Gasteiger partial charge is 0.870 e. The van der Waals surface area contributed by atoms with Crippen LogP contribution in [0.2, 0.25) is 10.0 Å². The van der Waals surface area contributed by atoms with Crippen LogP contribution in [0.4, 0.5) is 17.1 Å². The Hall–Kier alpha value is -2.70. The van der Waals surface area contributed by atoms with E-state index >= 15 is 0 Å². The normalized spacial score (nSPS) is 11.4. The molecule has 0 atom stereocenters. The topological polar surface area (TPSA) is 140 Å². The molecule has 4 aromatic rings. The van der Waals surface area contributed by atoms with Crippen molar-refractivity contribution in [3.8, 4) is 11.5 Å². The van der Waals surface area contributed by atoms with Crippen molar-refractivity contribution in [2.45, 2.75) is 18.7 Å².